The first-order valence-electron chi connectivity index (χ1n) is 8.04. The summed E-state index contributed by atoms with van der Waals surface area (Å²) < 4.78 is 5.32. The number of ether oxygens (including phenoxy) is 1. The number of aryl methyl sites for hydroxylation is 2. The molecule has 0 fully saturated rings. The Morgan fingerprint density at radius 3 is 2.16 bits per heavy atom. The van der Waals surface area contributed by atoms with Crippen LogP contribution in [0, 0.1) is 13.8 Å². The number of carbonyl (C=O) groups is 2. The number of methoxy groups -OCH3 is 1. The fourth-order valence-corrected chi connectivity index (χ4v) is 2.97. The van der Waals surface area contributed by atoms with Crippen molar-refractivity contribution in [2.45, 2.75) is 26.3 Å². The van der Waals surface area contributed by atoms with E-state index in [0.29, 0.717) is 5.56 Å². The third kappa shape index (κ3) is 4.18. The van der Waals surface area contributed by atoms with Crippen LogP contribution in [0.25, 0.3) is 0 Å². The number of likely N-dealkylation sites (N-methyl/N-ethyl adjacent to an activating group) is 1. The van der Waals surface area contributed by atoms with Crippen LogP contribution >= 0.6 is 0 Å². The van der Waals surface area contributed by atoms with E-state index in [2.05, 4.69) is 0 Å². The molecule has 1 amide bonds. The summed E-state index contributed by atoms with van der Waals surface area (Å²) in [6.45, 7) is 3.72. The number of hydrogen-bond acceptors (Lipinski definition) is 3. The van der Waals surface area contributed by atoms with Crippen LogP contribution in [-0.4, -0.2) is 42.1 Å². The topological polar surface area (TPSA) is 66.8 Å². The minimum absolute atomic E-state index is 0.256. The predicted octanol–water partition coefficient (Wildman–Crippen LogP) is 3.08. The number of amides is 1. The molecular formula is C20H23NO4. The molecule has 132 valence electrons. The molecule has 1 unspecified atom stereocenters. The van der Waals surface area contributed by atoms with Gasteiger partial charge >= 0.3 is 5.97 Å². The summed E-state index contributed by atoms with van der Waals surface area (Å²) in [5, 5.41) is 9.58. The minimum atomic E-state index is -1.03. The van der Waals surface area contributed by atoms with Crippen LogP contribution in [0.1, 0.15) is 27.0 Å². The van der Waals surface area contributed by atoms with Crippen molar-refractivity contribution in [3.05, 3.63) is 64.7 Å². The molecule has 0 saturated heterocycles. The molecule has 0 heterocycles. The number of carbonyl (C=O) groups excluding carboxylic acids is 1. The summed E-state index contributed by atoms with van der Waals surface area (Å²) in [4.78, 5) is 25.8. The summed E-state index contributed by atoms with van der Waals surface area (Å²) in [5.74, 6) is -0.614. The Morgan fingerprint density at radius 2 is 1.68 bits per heavy atom. The lowest BCUT2D eigenvalue weighted by molar-refractivity contribution is -0.141. The Labute approximate surface area is 147 Å². The molecule has 0 radical (unpaired) electrons. The highest BCUT2D eigenvalue weighted by atomic mass is 16.5. The lowest BCUT2D eigenvalue weighted by Crippen LogP contribution is -2.43. The molecule has 2 aromatic carbocycles. The van der Waals surface area contributed by atoms with Crippen molar-refractivity contribution in [1.82, 2.24) is 4.90 Å². The van der Waals surface area contributed by atoms with E-state index < -0.39 is 12.0 Å². The van der Waals surface area contributed by atoms with Crippen molar-refractivity contribution in [2.75, 3.05) is 14.2 Å². The van der Waals surface area contributed by atoms with Crippen molar-refractivity contribution >= 4 is 11.9 Å². The van der Waals surface area contributed by atoms with E-state index >= 15 is 0 Å². The molecule has 2 rings (SSSR count). The predicted molar refractivity (Wildman–Crippen MR) is 96.1 cm³/mol. The monoisotopic (exact) mass is 341 g/mol. The summed E-state index contributed by atoms with van der Waals surface area (Å²) in [6.07, 6.45) is 0.256. The van der Waals surface area contributed by atoms with Crippen LogP contribution in [0.2, 0.25) is 0 Å². The lowest BCUT2D eigenvalue weighted by atomic mass is 10.0. The Morgan fingerprint density at radius 1 is 1.12 bits per heavy atom. The maximum absolute atomic E-state index is 12.8. The van der Waals surface area contributed by atoms with E-state index in [9.17, 15) is 14.7 Å². The zero-order chi connectivity index (χ0) is 18.6. The highest BCUT2D eigenvalue weighted by Crippen LogP contribution is 2.25. The number of carboxylic acid groups (broad SMARTS) is 1. The zero-order valence-corrected chi connectivity index (χ0v) is 14.9. The first-order valence-corrected chi connectivity index (χ1v) is 8.04. The maximum atomic E-state index is 12.8. The number of benzene rings is 2. The van der Waals surface area contributed by atoms with E-state index in [-0.39, 0.29) is 12.3 Å². The molecule has 0 spiro atoms. The highest BCUT2D eigenvalue weighted by Gasteiger charge is 2.28. The number of hydrogen-bond donors (Lipinski definition) is 1. The third-order valence-electron chi connectivity index (χ3n) is 4.26. The normalized spacial score (nSPS) is 11.7. The van der Waals surface area contributed by atoms with Crippen LogP contribution in [0.15, 0.2) is 42.5 Å². The molecule has 5 heteroatoms. The van der Waals surface area contributed by atoms with Crippen molar-refractivity contribution < 1.29 is 19.4 Å². The summed E-state index contributed by atoms with van der Waals surface area (Å²) in [7, 11) is 3.11. The Balaban J connectivity index is 2.28. The van der Waals surface area contributed by atoms with Crippen LogP contribution < -0.4 is 4.74 Å². The first-order chi connectivity index (χ1) is 11.8. The van der Waals surface area contributed by atoms with E-state index in [1.165, 1.54) is 11.9 Å². The van der Waals surface area contributed by atoms with E-state index in [1.54, 1.807) is 19.2 Å². The third-order valence-corrected chi connectivity index (χ3v) is 4.26. The molecule has 5 nitrogen and oxygen atoms in total. The van der Waals surface area contributed by atoms with Crippen molar-refractivity contribution in [3.63, 3.8) is 0 Å². The van der Waals surface area contributed by atoms with Gasteiger partial charge in [0.15, 0.2) is 0 Å². The molecule has 1 N–H and O–H groups in total. The number of nitrogens with zero attached hydrogens (tertiary/aromatic N) is 1. The standard InChI is InChI=1S/C20H23NO4/c1-13-10-16(11-14(2)18(13)25-4)19(22)21(3)17(20(23)24)12-15-8-6-5-7-9-15/h5-11,17H,12H2,1-4H3,(H,23,24). The van der Waals surface area contributed by atoms with Crippen LogP contribution in [-0.2, 0) is 11.2 Å². The van der Waals surface area contributed by atoms with Gasteiger partial charge in [-0.25, -0.2) is 4.79 Å². The Hall–Kier alpha value is -2.82. The van der Waals surface area contributed by atoms with Gasteiger partial charge < -0.3 is 14.7 Å². The van der Waals surface area contributed by atoms with Crippen molar-refractivity contribution in [1.29, 1.82) is 0 Å². The second kappa shape index (κ2) is 7.83. The van der Waals surface area contributed by atoms with Gasteiger partial charge in [-0.3, -0.25) is 4.79 Å². The van der Waals surface area contributed by atoms with Crippen molar-refractivity contribution in [3.8, 4) is 5.75 Å². The first kappa shape index (κ1) is 18.5. The molecule has 0 aliphatic heterocycles. The van der Waals surface area contributed by atoms with Crippen LogP contribution in [0.3, 0.4) is 0 Å². The van der Waals surface area contributed by atoms with Crippen LogP contribution in [0.5, 0.6) is 5.75 Å². The number of rotatable bonds is 6. The Kier molecular flexibility index (Phi) is 5.80. The summed E-state index contributed by atoms with van der Waals surface area (Å²) >= 11 is 0. The zero-order valence-electron chi connectivity index (χ0n) is 14.9. The molecule has 2 aromatic rings. The SMILES string of the molecule is COc1c(C)cc(C(=O)N(C)C(Cc2ccccc2)C(=O)O)cc1C. The maximum Gasteiger partial charge on any atom is 0.326 e. The molecular weight excluding hydrogens is 318 g/mol. The van der Waals surface area contributed by atoms with Gasteiger partial charge in [-0.15, -0.1) is 0 Å². The molecule has 0 aliphatic carbocycles. The molecule has 25 heavy (non-hydrogen) atoms. The van der Waals surface area contributed by atoms with Gasteiger partial charge in [0.05, 0.1) is 7.11 Å². The quantitative estimate of drug-likeness (QED) is 0.877. The number of carboxylic acids is 1. The van der Waals surface area contributed by atoms with Gasteiger partial charge in [-0.05, 0) is 42.7 Å². The highest BCUT2D eigenvalue weighted by molar-refractivity contribution is 5.97. The van der Waals surface area contributed by atoms with Gasteiger partial charge in [0.1, 0.15) is 11.8 Å². The fourth-order valence-electron chi connectivity index (χ4n) is 2.97. The van der Waals surface area contributed by atoms with E-state index in [1.807, 2.05) is 44.2 Å². The molecule has 0 saturated carbocycles. The number of aliphatic carboxylic acids is 1. The minimum Gasteiger partial charge on any atom is -0.496 e. The average Bonchev–Trinajstić information content (AvgIpc) is 2.58. The van der Waals surface area contributed by atoms with Gasteiger partial charge in [0.25, 0.3) is 5.91 Å². The smallest absolute Gasteiger partial charge is 0.326 e. The Bertz CT molecular complexity index is 748. The van der Waals surface area contributed by atoms with Crippen molar-refractivity contribution in [2.24, 2.45) is 0 Å². The van der Waals surface area contributed by atoms with E-state index in [4.69, 9.17) is 4.74 Å². The van der Waals surface area contributed by atoms with E-state index in [0.717, 1.165) is 22.4 Å². The summed E-state index contributed by atoms with van der Waals surface area (Å²) in [5.41, 5.74) is 3.01. The largest absolute Gasteiger partial charge is 0.496 e. The molecule has 1 atom stereocenters. The van der Waals surface area contributed by atoms with Gasteiger partial charge in [-0.2, -0.15) is 0 Å². The lowest BCUT2D eigenvalue weighted by Gasteiger charge is -2.25. The molecule has 0 aliphatic rings. The van der Waals surface area contributed by atoms with Gasteiger partial charge in [-0.1, -0.05) is 30.3 Å². The molecule has 0 bridgehead atoms. The van der Waals surface area contributed by atoms with Gasteiger partial charge in [0, 0.05) is 19.0 Å². The van der Waals surface area contributed by atoms with Gasteiger partial charge in [0.2, 0.25) is 0 Å². The average molecular weight is 341 g/mol. The second-order valence-corrected chi connectivity index (χ2v) is 6.10. The van der Waals surface area contributed by atoms with Crippen LogP contribution in [0.4, 0.5) is 0 Å². The second-order valence-electron chi connectivity index (χ2n) is 6.10. The fraction of sp³-hybridized carbons (Fsp3) is 0.300. The summed E-state index contributed by atoms with van der Waals surface area (Å²) in [6, 6.07) is 11.8. The molecule has 0 aromatic heterocycles.